The Balaban J connectivity index is 1.89. The maximum atomic E-state index is 12.9. The molecule has 3 aromatic rings. The molecule has 0 fully saturated rings. The van der Waals surface area contributed by atoms with Gasteiger partial charge in [0.2, 0.25) is 5.90 Å². The third kappa shape index (κ3) is 5.29. The third-order valence-corrected chi connectivity index (χ3v) is 5.70. The minimum Gasteiger partial charge on any atom is -0.470 e. The number of hydrogen-bond acceptors (Lipinski definition) is 6. The van der Waals surface area contributed by atoms with E-state index in [1.165, 1.54) is 6.20 Å². The Labute approximate surface area is 180 Å². The number of fused-ring (bicyclic) bond motifs is 1. The molecule has 31 heavy (non-hydrogen) atoms. The van der Waals surface area contributed by atoms with Gasteiger partial charge in [-0.1, -0.05) is 19.1 Å². The lowest BCUT2D eigenvalue weighted by Crippen LogP contribution is -2.27. The number of aromatic nitrogens is 3. The predicted molar refractivity (Wildman–Crippen MR) is 118 cm³/mol. The number of aryl methyl sites for hydroxylation is 1. The van der Waals surface area contributed by atoms with Gasteiger partial charge >= 0.3 is 0 Å². The van der Waals surface area contributed by atoms with Crippen LogP contribution in [-0.4, -0.2) is 50.4 Å². The first-order valence-electron chi connectivity index (χ1n) is 9.41. The summed E-state index contributed by atoms with van der Waals surface area (Å²) in [4.78, 5) is 4.37. The second-order valence-corrected chi connectivity index (χ2v) is 8.08. The first-order valence-corrected chi connectivity index (χ1v) is 10.7. The Morgan fingerprint density at radius 2 is 2.13 bits per heavy atom. The van der Waals surface area contributed by atoms with Gasteiger partial charge in [0.25, 0.3) is 6.43 Å². The highest BCUT2D eigenvalue weighted by Crippen LogP contribution is 2.28. The van der Waals surface area contributed by atoms with E-state index >= 15 is 0 Å². The second kappa shape index (κ2) is 10.2. The van der Waals surface area contributed by atoms with E-state index in [0.717, 1.165) is 16.6 Å². The lowest BCUT2D eigenvalue weighted by Gasteiger charge is -2.23. The van der Waals surface area contributed by atoms with Crippen molar-refractivity contribution in [1.29, 1.82) is 0 Å². The molecule has 2 heterocycles. The van der Waals surface area contributed by atoms with Gasteiger partial charge in [-0.2, -0.15) is 10.2 Å². The summed E-state index contributed by atoms with van der Waals surface area (Å²) in [6.45, 7) is 4.53. The minimum absolute atomic E-state index is 0.0945. The zero-order chi connectivity index (χ0) is 22.4. The molecule has 11 heteroatoms. The number of ether oxygens (including phenoxy) is 1. The first kappa shape index (κ1) is 22.5. The van der Waals surface area contributed by atoms with Crippen molar-refractivity contribution >= 4 is 40.2 Å². The summed E-state index contributed by atoms with van der Waals surface area (Å²) in [7, 11) is 0.540. The van der Waals surface area contributed by atoms with Crippen molar-refractivity contribution in [3.63, 3.8) is 0 Å². The van der Waals surface area contributed by atoms with Crippen LogP contribution in [0.2, 0.25) is 0 Å². The molecule has 0 aliphatic carbocycles. The maximum Gasteiger partial charge on any atom is 0.272 e. The molecule has 0 saturated heterocycles. The molecule has 2 aromatic heterocycles. The van der Waals surface area contributed by atoms with Gasteiger partial charge < -0.3 is 4.74 Å². The molecule has 0 saturated carbocycles. The quantitative estimate of drug-likeness (QED) is 0.286. The van der Waals surface area contributed by atoms with Gasteiger partial charge in [0.05, 0.1) is 35.2 Å². The number of benzene rings is 1. The molecular weight excluding hydrogens is 426 g/mol. The number of para-hydroxylation sites is 1. The van der Waals surface area contributed by atoms with Gasteiger partial charge in [-0.25, -0.2) is 13.0 Å². The Hall–Kier alpha value is -3.21. The van der Waals surface area contributed by atoms with Crippen LogP contribution in [0.1, 0.15) is 18.2 Å². The Kier molecular flexibility index (Phi) is 7.40. The summed E-state index contributed by atoms with van der Waals surface area (Å²) in [6.07, 6.45) is 0.560. The number of alkyl halides is 2. The SMILES string of the molecule is C=N/N=C(\OCC(F)F)c1ccc(CN(c2cccc3cnn(C)c23)S(=O)CC)nc1. The van der Waals surface area contributed by atoms with Crippen molar-refractivity contribution in [2.24, 2.45) is 17.3 Å². The summed E-state index contributed by atoms with van der Waals surface area (Å²) in [5.41, 5.74) is 2.66. The fourth-order valence-electron chi connectivity index (χ4n) is 3.00. The molecule has 0 amide bonds. The van der Waals surface area contributed by atoms with Gasteiger partial charge in [-0.15, -0.1) is 5.10 Å². The van der Waals surface area contributed by atoms with E-state index in [2.05, 4.69) is 27.0 Å². The molecule has 0 spiro atoms. The largest absolute Gasteiger partial charge is 0.470 e. The van der Waals surface area contributed by atoms with Gasteiger partial charge in [-0.05, 0) is 18.2 Å². The van der Waals surface area contributed by atoms with Crippen LogP contribution < -0.4 is 4.31 Å². The standard InChI is InChI=1S/C20H22F2N6O2S/c1-4-31(29)28(17-7-5-6-14-11-25-27(3)19(14)17)12-16-9-8-15(10-24-16)20(26-23-2)30-13-18(21)22/h5-11,18H,2,4,12-13H2,1,3H3/b26-20-. The molecule has 1 atom stereocenters. The summed E-state index contributed by atoms with van der Waals surface area (Å²) in [5.74, 6) is 0.332. The fourth-order valence-corrected chi connectivity index (χ4v) is 3.96. The van der Waals surface area contributed by atoms with Crippen LogP contribution in [0.25, 0.3) is 10.9 Å². The topological polar surface area (TPSA) is 85.0 Å². The van der Waals surface area contributed by atoms with Crippen LogP contribution in [0, 0.1) is 0 Å². The Morgan fingerprint density at radius 3 is 2.77 bits per heavy atom. The summed E-state index contributed by atoms with van der Waals surface area (Å²) in [6, 6.07) is 9.06. The second-order valence-electron chi connectivity index (χ2n) is 6.42. The Morgan fingerprint density at radius 1 is 1.32 bits per heavy atom. The van der Waals surface area contributed by atoms with Crippen LogP contribution in [0.4, 0.5) is 14.5 Å². The van der Waals surface area contributed by atoms with Crippen LogP contribution in [0.3, 0.4) is 0 Å². The van der Waals surface area contributed by atoms with E-state index in [1.807, 2.05) is 32.2 Å². The van der Waals surface area contributed by atoms with Gasteiger partial charge in [-0.3, -0.25) is 14.0 Å². The highest BCUT2D eigenvalue weighted by Gasteiger charge is 2.19. The summed E-state index contributed by atoms with van der Waals surface area (Å²) >= 11 is 0. The monoisotopic (exact) mass is 448 g/mol. The van der Waals surface area contributed by atoms with Crippen LogP contribution >= 0.6 is 0 Å². The van der Waals surface area contributed by atoms with Crippen LogP contribution in [-0.2, 0) is 29.3 Å². The Bertz CT molecular complexity index is 1100. The fraction of sp³-hybridized carbons (Fsp3) is 0.300. The lowest BCUT2D eigenvalue weighted by atomic mass is 10.2. The number of nitrogens with zero attached hydrogens (tertiary/aromatic N) is 6. The average molecular weight is 448 g/mol. The van der Waals surface area contributed by atoms with E-state index in [1.54, 1.807) is 27.3 Å². The van der Waals surface area contributed by atoms with Crippen LogP contribution in [0.15, 0.2) is 52.9 Å². The first-order chi connectivity index (χ1) is 14.9. The highest BCUT2D eigenvalue weighted by atomic mass is 32.2. The molecular formula is C20H22F2N6O2S. The molecule has 1 aromatic carbocycles. The van der Waals surface area contributed by atoms with Gasteiger partial charge in [0.15, 0.2) is 6.61 Å². The molecule has 0 bridgehead atoms. The maximum absolute atomic E-state index is 12.9. The number of anilines is 1. The molecule has 0 radical (unpaired) electrons. The predicted octanol–water partition coefficient (Wildman–Crippen LogP) is 3.30. The van der Waals surface area contributed by atoms with Gasteiger partial charge in [0, 0.05) is 31.1 Å². The van der Waals surface area contributed by atoms with Crippen molar-refractivity contribution in [3.8, 4) is 0 Å². The van der Waals surface area contributed by atoms with Crippen molar-refractivity contribution < 1.29 is 17.7 Å². The van der Waals surface area contributed by atoms with E-state index in [0.29, 0.717) is 17.0 Å². The molecule has 0 aliphatic heterocycles. The molecule has 0 N–H and O–H groups in total. The molecule has 1 unspecified atom stereocenters. The van der Waals surface area contributed by atoms with Crippen molar-refractivity contribution in [2.45, 2.75) is 19.9 Å². The summed E-state index contributed by atoms with van der Waals surface area (Å²) in [5, 5.41) is 12.2. The van der Waals surface area contributed by atoms with E-state index in [-0.39, 0.29) is 12.4 Å². The van der Waals surface area contributed by atoms with Crippen molar-refractivity contribution in [2.75, 3.05) is 16.7 Å². The average Bonchev–Trinajstić information content (AvgIpc) is 3.16. The zero-order valence-electron chi connectivity index (χ0n) is 17.1. The van der Waals surface area contributed by atoms with E-state index in [9.17, 15) is 13.0 Å². The molecule has 3 rings (SSSR count). The number of hydrogen-bond donors (Lipinski definition) is 0. The molecule has 0 aliphatic rings. The smallest absolute Gasteiger partial charge is 0.272 e. The van der Waals surface area contributed by atoms with Crippen molar-refractivity contribution in [3.05, 3.63) is 54.0 Å². The molecule has 164 valence electrons. The minimum atomic E-state index is -2.64. The van der Waals surface area contributed by atoms with Crippen LogP contribution in [0.5, 0.6) is 0 Å². The summed E-state index contributed by atoms with van der Waals surface area (Å²) < 4.78 is 46.3. The molecule has 8 nitrogen and oxygen atoms in total. The third-order valence-electron chi connectivity index (χ3n) is 4.39. The normalized spacial score (nSPS) is 12.9. The van der Waals surface area contributed by atoms with Crippen molar-refractivity contribution in [1.82, 2.24) is 14.8 Å². The number of pyridine rings is 1. The van der Waals surface area contributed by atoms with Gasteiger partial charge in [0.1, 0.15) is 11.0 Å². The number of halogens is 2. The lowest BCUT2D eigenvalue weighted by molar-refractivity contribution is 0.0765. The zero-order valence-corrected chi connectivity index (χ0v) is 17.9. The number of rotatable bonds is 9. The van der Waals surface area contributed by atoms with E-state index < -0.39 is 24.0 Å². The van der Waals surface area contributed by atoms with E-state index in [4.69, 9.17) is 4.74 Å². The highest BCUT2D eigenvalue weighted by molar-refractivity contribution is 7.86.